The summed E-state index contributed by atoms with van der Waals surface area (Å²) in [5.74, 6) is 0.711. The Kier molecular flexibility index (Phi) is 3.64. The number of hydrogen-bond donors (Lipinski definition) is 1. The molecule has 0 bridgehead atoms. The summed E-state index contributed by atoms with van der Waals surface area (Å²) in [5, 5.41) is 0. The lowest BCUT2D eigenvalue weighted by Gasteiger charge is -2.18. The van der Waals surface area contributed by atoms with E-state index in [1.54, 1.807) is 0 Å². The Labute approximate surface area is 101 Å². The maximum Gasteiger partial charge on any atom is 0.192 e. The maximum atomic E-state index is 5.53. The van der Waals surface area contributed by atoms with Crippen LogP contribution in [0.3, 0.4) is 0 Å². The van der Waals surface area contributed by atoms with Crippen molar-refractivity contribution in [3.8, 4) is 0 Å². The molecule has 2 aromatic rings. The van der Waals surface area contributed by atoms with Gasteiger partial charge in [0.25, 0.3) is 0 Å². The molecule has 0 unspecified atom stereocenters. The molecule has 0 fully saturated rings. The molecule has 1 heterocycles. The molecule has 17 heavy (non-hydrogen) atoms. The van der Waals surface area contributed by atoms with Crippen molar-refractivity contribution in [3.63, 3.8) is 0 Å². The van der Waals surface area contributed by atoms with Crippen LogP contribution < -0.4 is 10.6 Å². The summed E-state index contributed by atoms with van der Waals surface area (Å²) >= 11 is 0. The number of unbranched alkanes of at least 4 members (excludes halogenated alkanes) is 1. The number of fused-ring (bicyclic) bond motifs is 1. The third-order valence-corrected chi connectivity index (χ3v) is 2.87. The number of anilines is 1. The van der Waals surface area contributed by atoms with Gasteiger partial charge >= 0.3 is 0 Å². The summed E-state index contributed by atoms with van der Waals surface area (Å²) in [6.45, 7) is 3.63. The van der Waals surface area contributed by atoms with E-state index in [4.69, 9.17) is 10.2 Å². The van der Waals surface area contributed by atoms with Gasteiger partial charge in [0, 0.05) is 32.3 Å². The Hall–Kier alpha value is -1.55. The van der Waals surface area contributed by atoms with Crippen LogP contribution in [0.1, 0.15) is 18.7 Å². The highest BCUT2D eigenvalue weighted by Gasteiger charge is 2.06. The minimum absolute atomic E-state index is 0.711. The summed E-state index contributed by atoms with van der Waals surface area (Å²) in [5.41, 5.74) is 8.42. The Morgan fingerprint density at radius 3 is 2.94 bits per heavy atom. The normalized spacial score (nSPS) is 11.0. The highest BCUT2D eigenvalue weighted by molar-refractivity contribution is 5.77. The lowest BCUT2D eigenvalue weighted by molar-refractivity contribution is 0.561. The zero-order chi connectivity index (χ0) is 12.3. The summed E-state index contributed by atoms with van der Waals surface area (Å²) in [7, 11) is 2.08. The van der Waals surface area contributed by atoms with E-state index in [0.29, 0.717) is 5.89 Å². The molecule has 1 aromatic carbocycles. The Balaban J connectivity index is 2.12. The molecule has 0 radical (unpaired) electrons. The third-order valence-electron chi connectivity index (χ3n) is 2.87. The fraction of sp³-hybridized carbons (Fsp3) is 0.462. The van der Waals surface area contributed by atoms with Gasteiger partial charge in [-0.25, -0.2) is 4.98 Å². The molecule has 92 valence electrons. The molecule has 4 heteroatoms. The fourth-order valence-corrected chi connectivity index (χ4v) is 1.89. The number of rotatable bonds is 5. The quantitative estimate of drug-likeness (QED) is 0.805. The van der Waals surface area contributed by atoms with Crippen LogP contribution in [0.5, 0.6) is 0 Å². The number of nitrogens with zero attached hydrogens (tertiary/aromatic N) is 2. The van der Waals surface area contributed by atoms with Crippen LogP contribution in [0.2, 0.25) is 0 Å². The number of benzene rings is 1. The number of aryl methyl sites for hydroxylation is 1. The van der Waals surface area contributed by atoms with Crippen LogP contribution >= 0.6 is 0 Å². The predicted molar refractivity (Wildman–Crippen MR) is 70.3 cm³/mol. The average molecular weight is 233 g/mol. The van der Waals surface area contributed by atoms with Crippen molar-refractivity contribution in [2.24, 2.45) is 5.73 Å². The van der Waals surface area contributed by atoms with Gasteiger partial charge in [0.05, 0.1) is 0 Å². The van der Waals surface area contributed by atoms with E-state index >= 15 is 0 Å². The summed E-state index contributed by atoms with van der Waals surface area (Å²) in [6, 6.07) is 6.12. The monoisotopic (exact) mass is 233 g/mol. The minimum atomic E-state index is 0.711. The van der Waals surface area contributed by atoms with E-state index in [1.807, 2.05) is 19.1 Å². The molecule has 0 aliphatic rings. The van der Waals surface area contributed by atoms with Crippen molar-refractivity contribution in [3.05, 3.63) is 24.1 Å². The molecule has 0 aliphatic heterocycles. The van der Waals surface area contributed by atoms with Gasteiger partial charge in [-0.05, 0) is 31.5 Å². The van der Waals surface area contributed by atoms with Crippen LogP contribution in [-0.2, 0) is 0 Å². The zero-order valence-corrected chi connectivity index (χ0v) is 10.4. The van der Waals surface area contributed by atoms with Crippen LogP contribution in [0.15, 0.2) is 22.6 Å². The molecule has 0 spiro atoms. The van der Waals surface area contributed by atoms with Gasteiger partial charge in [0.2, 0.25) is 0 Å². The van der Waals surface area contributed by atoms with E-state index in [9.17, 15) is 0 Å². The highest BCUT2D eigenvalue weighted by atomic mass is 16.3. The Bertz CT molecular complexity index is 492. The molecule has 0 saturated carbocycles. The highest BCUT2D eigenvalue weighted by Crippen LogP contribution is 2.22. The van der Waals surface area contributed by atoms with Crippen molar-refractivity contribution in [2.45, 2.75) is 19.8 Å². The molecule has 0 atom stereocenters. The molecule has 0 aliphatic carbocycles. The van der Waals surface area contributed by atoms with Gasteiger partial charge < -0.3 is 15.1 Å². The van der Waals surface area contributed by atoms with E-state index in [0.717, 1.165) is 42.7 Å². The zero-order valence-electron chi connectivity index (χ0n) is 10.4. The van der Waals surface area contributed by atoms with Gasteiger partial charge in [0.15, 0.2) is 11.5 Å². The first-order valence-corrected chi connectivity index (χ1v) is 5.99. The van der Waals surface area contributed by atoms with Crippen molar-refractivity contribution in [1.82, 2.24) is 4.98 Å². The number of hydrogen-bond acceptors (Lipinski definition) is 4. The SMILES string of the molecule is Cc1nc2ccc(N(C)CCCCN)cc2o1. The van der Waals surface area contributed by atoms with Crippen LogP contribution in [0, 0.1) is 6.92 Å². The topological polar surface area (TPSA) is 55.3 Å². The second kappa shape index (κ2) is 5.19. The minimum Gasteiger partial charge on any atom is -0.441 e. The van der Waals surface area contributed by atoms with Crippen molar-refractivity contribution in [1.29, 1.82) is 0 Å². The number of nitrogens with two attached hydrogens (primary N) is 1. The summed E-state index contributed by atoms with van der Waals surface area (Å²) in [4.78, 5) is 6.50. The maximum absolute atomic E-state index is 5.53. The molecule has 4 nitrogen and oxygen atoms in total. The van der Waals surface area contributed by atoms with Crippen molar-refractivity contribution < 1.29 is 4.42 Å². The van der Waals surface area contributed by atoms with Crippen LogP contribution in [-0.4, -0.2) is 25.1 Å². The van der Waals surface area contributed by atoms with E-state index in [2.05, 4.69) is 23.0 Å². The largest absolute Gasteiger partial charge is 0.441 e. The van der Waals surface area contributed by atoms with Gasteiger partial charge in [-0.1, -0.05) is 0 Å². The van der Waals surface area contributed by atoms with Crippen molar-refractivity contribution >= 4 is 16.8 Å². The summed E-state index contributed by atoms with van der Waals surface area (Å²) < 4.78 is 5.53. The number of oxazole rings is 1. The lowest BCUT2D eigenvalue weighted by atomic mass is 10.2. The van der Waals surface area contributed by atoms with E-state index in [1.165, 1.54) is 0 Å². The second-order valence-corrected chi connectivity index (χ2v) is 4.30. The molecular weight excluding hydrogens is 214 g/mol. The second-order valence-electron chi connectivity index (χ2n) is 4.30. The molecule has 2 rings (SSSR count). The fourth-order valence-electron chi connectivity index (χ4n) is 1.89. The molecule has 0 saturated heterocycles. The van der Waals surface area contributed by atoms with E-state index < -0.39 is 0 Å². The first kappa shape index (κ1) is 11.9. The van der Waals surface area contributed by atoms with Crippen molar-refractivity contribution in [2.75, 3.05) is 25.0 Å². The first-order chi connectivity index (χ1) is 8.20. The molecule has 2 N–H and O–H groups in total. The van der Waals surface area contributed by atoms with Gasteiger partial charge in [-0.2, -0.15) is 0 Å². The molecule has 0 amide bonds. The lowest BCUT2D eigenvalue weighted by Crippen LogP contribution is -2.19. The summed E-state index contributed by atoms with van der Waals surface area (Å²) in [6.07, 6.45) is 2.18. The average Bonchev–Trinajstić information content (AvgIpc) is 2.68. The standard InChI is InChI=1S/C13H19N3O/c1-10-15-12-6-5-11(9-13(12)17-10)16(2)8-4-3-7-14/h5-6,9H,3-4,7-8,14H2,1-2H3. The van der Waals surface area contributed by atoms with Gasteiger partial charge in [-0.15, -0.1) is 0 Å². The first-order valence-electron chi connectivity index (χ1n) is 5.99. The smallest absolute Gasteiger partial charge is 0.192 e. The van der Waals surface area contributed by atoms with E-state index in [-0.39, 0.29) is 0 Å². The third kappa shape index (κ3) is 2.77. The molecule has 1 aromatic heterocycles. The van der Waals surface area contributed by atoms with Gasteiger partial charge in [-0.3, -0.25) is 0 Å². The van der Waals surface area contributed by atoms with Crippen LogP contribution in [0.25, 0.3) is 11.1 Å². The Morgan fingerprint density at radius 1 is 1.35 bits per heavy atom. The Morgan fingerprint density at radius 2 is 2.18 bits per heavy atom. The van der Waals surface area contributed by atoms with Crippen LogP contribution in [0.4, 0.5) is 5.69 Å². The number of aromatic nitrogens is 1. The predicted octanol–water partition coefficient (Wildman–Crippen LogP) is 2.31. The van der Waals surface area contributed by atoms with Gasteiger partial charge in [0.1, 0.15) is 5.52 Å². The molecular formula is C13H19N3O.